The number of halogens is 4. The lowest BCUT2D eigenvalue weighted by atomic mass is 10.1. The van der Waals surface area contributed by atoms with Crippen molar-refractivity contribution in [3.63, 3.8) is 0 Å². The second kappa shape index (κ2) is 7.31. The van der Waals surface area contributed by atoms with Crippen LogP contribution in [0.2, 0.25) is 5.02 Å². The summed E-state index contributed by atoms with van der Waals surface area (Å²) in [7, 11) is 0. The highest BCUT2D eigenvalue weighted by atomic mass is 35.5. The number of hydrogen-bond acceptors (Lipinski definition) is 4. The van der Waals surface area contributed by atoms with E-state index in [-0.39, 0.29) is 28.8 Å². The van der Waals surface area contributed by atoms with E-state index in [1.54, 1.807) is 0 Å². The number of carbonyl (C=O) groups is 1. The lowest BCUT2D eigenvalue weighted by molar-refractivity contribution is -0.136. The minimum Gasteiger partial charge on any atom is -0.347 e. The van der Waals surface area contributed by atoms with Crippen molar-refractivity contribution in [1.29, 1.82) is 0 Å². The maximum absolute atomic E-state index is 13.0. The Morgan fingerprint density at radius 2 is 2.00 bits per heavy atom. The molecule has 0 aliphatic carbocycles. The topological polar surface area (TPSA) is 66.9 Å². The second-order valence-corrected chi connectivity index (χ2v) is 5.05. The van der Waals surface area contributed by atoms with Crippen LogP contribution < -0.4 is 10.6 Å². The minimum atomic E-state index is -4.58. The fourth-order valence-corrected chi connectivity index (χ4v) is 1.95. The van der Waals surface area contributed by atoms with E-state index in [4.69, 9.17) is 11.6 Å². The Hall–Kier alpha value is -2.61. The summed E-state index contributed by atoms with van der Waals surface area (Å²) < 4.78 is 39.1. The monoisotopic (exact) mass is 356 g/mol. The van der Waals surface area contributed by atoms with Crippen molar-refractivity contribution >= 4 is 29.0 Å². The molecular formula is C15H12ClF3N4O. The largest absolute Gasteiger partial charge is 0.418 e. The Balaban J connectivity index is 2.20. The van der Waals surface area contributed by atoms with Crippen LogP contribution in [-0.2, 0) is 6.18 Å². The van der Waals surface area contributed by atoms with Gasteiger partial charge in [0.2, 0.25) is 0 Å². The molecule has 0 saturated carbocycles. The summed E-state index contributed by atoms with van der Waals surface area (Å²) in [5, 5.41) is 12.4. The predicted molar refractivity (Wildman–Crippen MR) is 84.3 cm³/mol. The smallest absolute Gasteiger partial charge is 0.347 e. The maximum Gasteiger partial charge on any atom is 0.418 e. The molecule has 0 aliphatic heterocycles. The highest BCUT2D eigenvalue weighted by Crippen LogP contribution is 2.37. The zero-order valence-corrected chi connectivity index (χ0v) is 12.9. The van der Waals surface area contributed by atoms with E-state index in [0.29, 0.717) is 0 Å². The number of amides is 1. The maximum atomic E-state index is 13.0. The number of hydrogen-bond donors (Lipinski definition) is 2. The third-order valence-corrected chi connectivity index (χ3v) is 3.09. The van der Waals surface area contributed by atoms with Gasteiger partial charge in [0, 0.05) is 11.6 Å². The van der Waals surface area contributed by atoms with Gasteiger partial charge in [-0.1, -0.05) is 17.7 Å². The Kier molecular flexibility index (Phi) is 5.40. The van der Waals surface area contributed by atoms with E-state index in [1.165, 1.54) is 30.3 Å². The number of aromatic nitrogens is 2. The SMILES string of the molecule is C=CCNC(=O)c1ccc(Nc2ccc(Cl)cc2C(F)(F)F)nn1. The number of carbonyl (C=O) groups excluding carboxylic acids is 1. The van der Waals surface area contributed by atoms with Crippen molar-refractivity contribution < 1.29 is 18.0 Å². The molecule has 0 unspecified atom stereocenters. The normalized spacial score (nSPS) is 11.0. The Morgan fingerprint density at radius 3 is 2.58 bits per heavy atom. The number of nitrogens with one attached hydrogen (secondary N) is 2. The van der Waals surface area contributed by atoms with E-state index in [0.717, 1.165) is 6.07 Å². The first kappa shape index (κ1) is 17.7. The number of nitrogens with zero attached hydrogens (tertiary/aromatic N) is 2. The van der Waals surface area contributed by atoms with Gasteiger partial charge >= 0.3 is 6.18 Å². The van der Waals surface area contributed by atoms with Crippen molar-refractivity contribution in [2.24, 2.45) is 0 Å². The lowest BCUT2D eigenvalue weighted by Gasteiger charge is -2.14. The highest BCUT2D eigenvalue weighted by molar-refractivity contribution is 6.30. The van der Waals surface area contributed by atoms with Crippen LogP contribution >= 0.6 is 11.6 Å². The molecule has 0 bridgehead atoms. The third kappa shape index (κ3) is 4.45. The van der Waals surface area contributed by atoms with E-state index < -0.39 is 17.6 Å². The summed E-state index contributed by atoms with van der Waals surface area (Å²) in [6, 6.07) is 6.02. The van der Waals surface area contributed by atoms with E-state index in [1.807, 2.05) is 0 Å². The van der Waals surface area contributed by atoms with Crippen LogP contribution in [-0.4, -0.2) is 22.6 Å². The zero-order valence-electron chi connectivity index (χ0n) is 12.2. The molecule has 0 radical (unpaired) electrons. The molecule has 2 aromatic rings. The van der Waals surface area contributed by atoms with E-state index >= 15 is 0 Å². The van der Waals surface area contributed by atoms with Crippen molar-refractivity contribution in [2.45, 2.75) is 6.18 Å². The van der Waals surface area contributed by atoms with Crippen molar-refractivity contribution in [3.05, 3.63) is 59.3 Å². The first-order chi connectivity index (χ1) is 11.3. The van der Waals surface area contributed by atoms with Crippen LogP contribution in [0.25, 0.3) is 0 Å². The number of rotatable bonds is 5. The summed E-state index contributed by atoms with van der Waals surface area (Å²) in [6.07, 6.45) is -3.08. The van der Waals surface area contributed by atoms with Gasteiger partial charge in [-0.05, 0) is 30.3 Å². The second-order valence-electron chi connectivity index (χ2n) is 4.62. The summed E-state index contributed by atoms with van der Waals surface area (Å²) in [6.45, 7) is 3.72. The molecule has 2 rings (SSSR count). The van der Waals surface area contributed by atoms with Gasteiger partial charge in [-0.3, -0.25) is 4.79 Å². The molecule has 0 saturated heterocycles. The molecule has 0 fully saturated rings. The average Bonchev–Trinajstić information content (AvgIpc) is 2.54. The van der Waals surface area contributed by atoms with Crippen LogP contribution in [0.5, 0.6) is 0 Å². The van der Waals surface area contributed by atoms with E-state index in [9.17, 15) is 18.0 Å². The van der Waals surface area contributed by atoms with Gasteiger partial charge in [0.15, 0.2) is 11.5 Å². The van der Waals surface area contributed by atoms with Gasteiger partial charge in [0.25, 0.3) is 5.91 Å². The lowest BCUT2D eigenvalue weighted by Crippen LogP contribution is -2.24. The first-order valence-electron chi connectivity index (χ1n) is 6.68. The van der Waals surface area contributed by atoms with Crippen LogP contribution in [0.1, 0.15) is 16.1 Å². The molecule has 1 aromatic carbocycles. The highest BCUT2D eigenvalue weighted by Gasteiger charge is 2.34. The van der Waals surface area contributed by atoms with Crippen LogP contribution in [0, 0.1) is 0 Å². The molecular weight excluding hydrogens is 345 g/mol. The summed E-state index contributed by atoms with van der Waals surface area (Å²) in [5.41, 5.74) is -1.11. The van der Waals surface area contributed by atoms with Crippen molar-refractivity contribution in [2.75, 3.05) is 11.9 Å². The molecule has 126 valence electrons. The van der Waals surface area contributed by atoms with Gasteiger partial charge in [0.05, 0.1) is 11.3 Å². The minimum absolute atomic E-state index is 0.0341. The molecule has 9 heteroatoms. The van der Waals surface area contributed by atoms with Gasteiger partial charge in [0.1, 0.15) is 0 Å². The summed E-state index contributed by atoms with van der Waals surface area (Å²) in [5.74, 6) is -0.403. The molecule has 24 heavy (non-hydrogen) atoms. The molecule has 0 aliphatic rings. The number of anilines is 2. The van der Waals surface area contributed by atoms with Crippen LogP contribution in [0.4, 0.5) is 24.7 Å². The predicted octanol–water partition coefficient (Wildman–Crippen LogP) is 3.81. The molecule has 1 amide bonds. The molecule has 1 aromatic heterocycles. The average molecular weight is 357 g/mol. The van der Waals surface area contributed by atoms with E-state index in [2.05, 4.69) is 27.4 Å². The van der Waals surface area contributed by atoms with Gasteiger partial charge in [-0.2, -0.15) is 13.2 Å². The van der Waals surface area contributed by atoms with Crippen LogP contribution in [0.15, 0.2) is 43.0 Å². The first-order valence-corrected chi connectivity index (χ1v) is 7.05. The van der Waals surface area contributed by atoms with Gasteiger partial charge < -0.3 is 10.6 Å². The Morgan fingerprint density at radius 1 is 1.25 bits per heavy atom. The quantitative estimate of drug-likeness (QED) is 0.799. The standard InChI is InChI=1S/C15H12ClF3N4O/c1-2-7-20-14(24)12-5-6-13(23-22-12)21-11-4-3-9(16)8-10(11)15(17,18)19/h2-6,8H,1,7H2,(H,20,24)(H,21,23). The van der Waals surface area contributed by atoms with Gasteiger partial charge in [-0.15, -0.1) is 16.8 Å². The molecule has 2 N–H and O–H groups in total. The Labute approximate surface area is 140 Å². The number of alkyl halides is 3. The molecule has 1 heterocycles. The van der Waals surface area contributed by atoms with Crippen LogP contribution in [0.3, 0.4) is 0 Å². The third-order valence-electron chi connectivity index (χ3n) is 2.85. The van der Waals surface area contributed by atoms with Gasteiger partial charge in [-0.25, -0.2) is 0 Å². The molecule has 0 spiro atoms. The fourth-order valence-electron chi connectivity index (χ4n) is 1.77. The number of benzene rings is 1. The zero-order chi connectivity index (χ0) is 17.7. The fraction of sp³-hybridized carbons (Fsp3) is 0.133. The molecule has 5 nitrogen and oxygen atoms in total. The Bertz CT molecular complexity index is 747. The van der Waals surface area contributed by atoms with Crippen molar-refractivity contribution in [3.8, 4) is 0 Å². The summed E-state index contributed by atoms with van der Waals surface area (Å²) in [4.78, 5) is 11.7. The summed E-state index contributed by atoms with van der Waals surface area (Å²) >= 11 is 5.62. The van der Waals surface area contributed by atoms with Crippen molar-refractivity contribution in [1.82, 2.24) is 15.5 Å². The molecule has 0 atom stereocenters.